The lowest BCUT2D eigenvalue weighted by Gasteiger charge is -2.20. The summed E-state index contributed by atoms with van der Waals surface area (Å²) in [4.78, 5) is 8.38. The molecule has 0 saturated carbocycles. The highest BCUT2D eigenvalue weighted by molar-refractivity contribution is 7.89. The van der Waals surface area contributed by atoms with Crippen molar-refractivity contribution in [3.63, 3.8) is 0 Å². The molecule has 10 heteroatoms. The highest BCUT2D eigenvalue weighted by atomic mass is 32.2. The molecule has 0 unspecified atom stereocenters. The summed E-state index contributed by atoms with van der Waals surface area (Å²) in [6.45, 7) is 5.16. The van der Waals surface area contributed by atoms with E-state index in [2.05, 4.69) is 20.8 Å². The monoisotopic (exact) mass is 467 g/mol. The zero-order chi connectivity index (χ0) is 24.0. The van der Waals surface area contributed by atoms with Crippen LogP contribution in [0.25, 0.3) is 28.1 Å². The molecule has 0 fully saturated rings. The van der Waals surface area contributed by atoms with E-state index in [0.717, 1.165) is 6.20 Å². The van der Waals surface area contributed by atoms with Gasteiger partial charge in [0.25, 0.3) is 0 Å². The average molecular weight is 468 g/mol. The lowest BCUT2D eigenvalue weighted by atomic mass is 10.1. The minimum absolute atomic E-state index is 0.0479. The van der Waals surface area contributed by atoms with Gasteiger partial charge in [-0.3, -0.25) is 9.55 Å². The van der Waals surface area contributed by atoms with Gasteiger partial charge in [-0.25, -0.2) is 26.9 Å². The molecule has 0 aliphatic rings. The fourth-order valence-electron chi connectivity index (χ4n) is 3.48. The molecule has 1 aromatic carbocycles. The van der Waals surface area contributed by atoms with Crippen LogP contribution >= 0.6 is 0 Å². The number of hydrogen-bond acceptors (Lipinski definition) is 5. The van der Waals surface area contributed by atoms with E-state index in [1.54, 1.807) is 25.3 Å². The van der Waals surface area contributed by atoms with Gasteiger partial charge < -0.3 is 0 Å². The average Bonchev–Trinajstić information content (AvgIpc) is 3.06. The van der Waals surface area contributed by atoms with Crippen molar-refractivity contribution < 1.29 is 17.2 Å². The Kier molecular flexibility index (Phi) is 5.47. The van der Waals surface area contributed by atoms with Gasteiger partial charge in [0, 0.05) is 22.8 Å². The smallest absolute Gasteiger partial charge is 0.242 e. The number of nitrogens with one attached hydrogen (secondary N) is 1. The molecular formula is C23H19F2N5O2S. The Bertz CT molecular complexity index is 1500. The second-order valence-corrected chi connectivity index (χ2v) is 10.1. The molecule has 0 aliphatic heterocycles. The maximum Gasteiger partial charge on any atom is 0.242 e. The normalized spacial score (nSPS) is 12.1. The van der Waals surface area contributed by atoms with E-state index in [-0.39, 0.29) is 32.9 Å². The summed E-state index contributed by atoms with van der Waals surface area (Å²) in [5.74, 6) is -1.07. The quantitative estimate of drug-likeness (QED) is 0.482. The molecule has 4 rings (SSSR count). The molecule has 1 N–H and O–H groups in total. The van der Waals surface area contributed by atoms with Crippen LogP contribution in [0.4, 0.5) is 8.78 Å². The molecule has 3 heterocycles. The molecule has 0 atom stereocenters. The van der Waals surface area contributed by atoms with Gasteiger partial charge in [-0.05, 0) is 63.2 Å². The minimum atomic E-state index is -3.82. The zero-order valence-electron chi connectivity index (χ0n) is 18.0. The Balaban J connectivity index is 1.95. The number of rotatable bonds is 4. The molecule has 7 nitrogen and oxygen atoms in total. The maximum atomic E-state index is 14.0. The molecule has 33 heavy (non-hydrogen) atoms. The minimum Gasteiger partial charge on any atom is -0.291 e. The SMILES string of the molecule is CC(C)(C)NS(=O)(=O)c1ccc(-c2c(C#N)c3cc(F)cnc3n2-c2ccc(F)cc2)nc1. The molecule has 0 amide bonds. The van der Waals surface area contributed by atoms with Crippen molar-refractivity contribution in [2.24, 2.45) is 0 Å². The third-order valence-electron chi connectivity index (χ3n) is 4.70. The van der Waals surface area contributed by atoms with Crippen LogP contribution in [0, 0.1) is 23.0 Å². The first kappa shape index (κ1) is 22.5. The van der Waals surface area contributed by atoms with Crippen LogP contribution in [0.3, 0.4) is 0 Å². The number of sulfonamides is 1. The Morgan fingerprint density at radius 3 is 2.27 bits per heavy atom. The van der Waals surface area contributed by atoms with E-state index in [1.165, 1.54) is 48.7 Å². The number of benzene rings is 1. The molecule has 3 aromatic heterocycles. The molecule has 0 bridgehead atoms. The largest absolute Gasteiger partial charge is 0.291 e. The summed E-state index contributed by atoms with van der Waals surface area (Å²) in [6, 6.07) is 11.6. The van der Waals surface area contributed by atoms with Crippen LogP contribution in [-0.2, 0) is 10.0 Å². The van der Waals surface area contributed by atoms with Crippen LogP contribution in [0.15, 0.2) is 59.8 Å². The molecule has 0 saturated heterocycles. The molecule has 0 radical (unpaired) electrons. The van der Waals surface area contributed by atoms with E-state index >= 15 is 0 Å². The van der Waals surface area contributed by atoms with Gasteiger partial charge in [-0.15, -0.1) is 0 Å². The highest BCUT2D eigenvalue weighted by Gasteiger charge is 2.25. The third-order valence-corrected chi connectivity index (χ3v) is 6.44. The molecule has 0 aliphatic carbocycles. The van der Waals surface area contributed by atoms with Crippen molar-refractivity contribution in [2.75, 3.05) is 0 Å². The summed E-state index contributed by atoms with van der Waals surface area (Å²) in [6.07, 6.45) is 2.21. The topological polar surface area (TPSA) is 101 Å². The Morgan fingerprint density at radius 1 is 1.00 bits per heavy atom. The first-order valence-electron chi connectivity index (χ1n) is 9.86. The van der Waals surface area contributed by atoms with Crippen LogP contribution in [-0.4, -0.2) is 28.5 Å². The van der Waals surface area contributed by atoms with E-state index in [0.29, 0.717) is 5.69 Å². The third kappa shape index (κ3) is 4.33. The first-order chi connectivity index (χ1) is 15.5. The zero-order valence-corrected chi connectivity index (χ0v) is 18.8. The van der Waals surface area contributed by atoms with Crippen LogP contribution in [0.2, 0.25) is 0 Å². The van der Waals surface area contributed by atoms with Gasteiger partial charge in [-0.2, -0.15) is 5.26 Å². The Hall–Kier alpha value is -3.68. The number of pyridine rings is 2. The Labute approximate surface area is 189 Å². The van der Waals surface area contributed by atoms with Gasteiger partial charge >= 0.3 is 0 Å². The van der Waals surface area contributed by atoms with Crippen LogP contribution < -0.4 is 4.72 Å². The Morgan fingerprint density at radius 2 is 1.70 bits per heavy atom. The highest BCUT2D eigenvalue weighted by Crippen LogP contribution is 2.35. The van der Waals surface area contributed by atoms with E-state index < -0.39 is 27.2 Å². The molecule has 168 valence electrons. The first-order valence-corrected chi connectivity index (χ1v) is 11.3. The van der Waals surface area contributed by atoms with Gasteiger partial charge in [0.2, 0.25) is 10.0 Å². The van der Waals surface area contributed by atoms with Crippen molar-refractivity contribution in [1.29, 1.82) is 5.26 Å². The van der Waals surface area contributed by atoms with Crippen molar-refractivity contribution in [1.82, 2.24) is 19.3 Å². The lowest BCUT2D eigenvalue weighted by Crippen LogP contribution is -2.40. The molecular weight excluding hydrogens is 448 g/mol. The van der Waals surface area contributed by atoms with E-state index in [1.807, 2.05) is 0 Å². The van der Waals surface area contributed by atoms with Crippen molar-refractivity contribution >= 4 is 21.1 Å². The summed E-state index contributed by atoms with van der Waals surface area (Å²) in [5.41, 5.74) is 0.731. The fourth-order valence-corrected chi connectivity index (χ4v) is 4.84. The maximum absolute atomic E-state index is 14.0. The second kappa shape index (κ2) is 8.03. The van der Waals surface area contributed by atoms with Gasteiger partial charge in [0.05, 0.1) is 23.1 Å². The molecule has 0 spiro atoms. The summed E-state index contributed by atoms with van der Waals surface area (Å²) in [7, 11) is -3.82. The van der Waals surface area contributed by atoms with Gasteiger partial charge in [0.1, 0.15) is 28.2 Å². The van der Waals surface area contributed by atoms with Crippen LogP contribution in [0.1, 0.15) is 26.3 Å². The van der Waals surface area contributed by atoms with Crippen molar-refractivity contribution in [3.8, 4) is 23.1 Å². The fraction of sp³-hybridized carbons (Fsp3) is 0.174. The predicted octanol–water partition coefficient (Wildman–Crippen LogP) is 4.31. The van der Waals surface area contributed by atoms with Crippen LogP contribution in [0.5, 0.6) is 0 Å². The lowest BCUT2D eigenvalue weighted by molar-refractivity contribution is 0.491. The standard InChI is InChI=1S/C23H19F2N5O2S/c1-23(2,3)29-33(31,32)17-8-9-20(27-13-17)21-19(11-26)18-10-15(25)12-28-22(18)30(21)16-6-4-14(24)5-7-16/h4-10,12-13,29H,1-3H3. The molecule has 4 aromatic rings. The summed E-state index contributed by atoms with van der Waals surface area (Å²) < 4.78 is 56.8. The number of nitriles is 1. The van der Waals surface area contributed by atoms with E-state index in [9.17, 15) is 22.5 Å². The number of aromatic nitrogens is 3. The van der Waals surface area contributed by atoms with E-state index in [4.69, 9.17) is 0 Å². The predicted molar refractivity (Wildman–Crippen MR) is 119 cm³/mol. The number of nitrogens with zero attached hydrogens (tertiary/aromatic N) is 4. The second-order valence-electron chi connectivity index (χ2n) is 8.41. The van der Waals surface area contributed by atoms with Crippen molar-refractivity contribution in [3.05, 3.63) is 72.1 Å². The number of hydrogen-bond donors (Lipinski definition) is 1. The summed E-state index contributed by atoms with van der Waals surface area (Å²) >= 11 is 0. The summed E-state index contributed by atoms with van der Waals surface area (Å²) in [5, 5.41) is 10.1. The van der Waals surface area contributed by atoms with Gasteiger partial charge in [0.15, 0.2) is 0 Å². The number of halogens is 2. The van der Waals surface area contributed by atoms with Gasteiger partial charge in [-0.1, -0.05) is 0 Å². The van der Waals surface area contributed by atoms with Crippen molar-refractivity contribution in [2.45, 2.75) is 31.2 Å². The number of fused-ring (bicyclic) bond motifs is 1.